The molecule has 3 heteroatoms. The monoisotopic (exact) mass is 224 g/mol. The lowest BCUT2D eigenvalue weighted by Gasteiger charge is -2.06. The largest absolute Gasteiger partial charge is 0.219 e. The average Bonchev–Trinajstić information content (AvgIpc) is 2.19. The molecule has 0 aliphatic carbocycles. The second-order valence-electron chi connectivity index (χ2n) is 3.43. The molecule has 0 radical (unpaired) electrons. The van der Waals surface area contributed by atoms with E-state index in [4.69, 9.17) is 0 Å². The molecule has 1 aromatic rings. The maximum atomic E-state index is 12.0. The van der Waals surface area contributed by atoms with E-state index in [0.717, 1.165) is 5.56 Å². The van der Waals surface area contributed by atoms with Gasteiger partial charge in [-0.3, -0.25) is 0 Å². The van der Waals surface area contributed by atoms with E-state index in [9.17, 15) is 8.42 Å². The number of allylic oxidation sites excluding steroid dienone is 2. The smallest absolute Gasteiger partial charge is 0.202 e. The fraction of sp³-hybridized carbons (Fsp3) is 0.333. The molecule has 0 aliphatic heterocycles. The minimum absolute atomic E-state index is 0.378. The van der Waals surface area contributed by atoms with Gasteiger partial charge in [-0.25, -0.2) is 8.42 Å². The highest BCUT2D eigenvalue weighted by Crippen LogP contribution is 2.21. The van der Waals surface area contributed by atoms with Crippen molar-refractivity contribution in [3.8, 4) is 0 Å². The molecule has 1 rings (SSSR count). The van der Waals surface area contributed by atoms with Crippen molar-refractivity contribution in [2.75, 3.05) is 0 Å². The molecule has 82 valence electrons. The van der Waals surface area contributed by atoms with E-state index in [-0.39, 0.29) is 0 Å². The molecule has 0 saturated carbocycles. The van der Waals surface area contributed by atoms with Gasteiger partial charge in [-0.05, 0) is 32.4 Å². The van der Waals surface area contributed by atoms with Crippen molar-refractivity contribution in [2.24, 2.45) is 0 Å². The molecule has 0 spiro atoms. The lowest BCUT2D eigenvalue weighted by molar-refractivity contribution is 0.600. The Balaban J connectivity index is 3.23. The number of hydrogen-bond acceptors (Lipinski definition) is 2. The van der Waals surface area contributed by atoms with Gasteiger partial charge >= 0.3 is 0 Å². The molecule has 15 heavy (non-hydrogen) atoms. The van der Waals surface area contributed by atoms with Crippen LogP contribution >= 0.6 is 0 Å². The molecule has 1 aromatic carbocycles. The molecule has 0 unspecified atom stereocenters. The minimum atomic E-state index is -3.26. The summed E-state index contributed by atoms with van der Waals surface area (Å²) in [4.78, 5) is 0.856. The summed E-state index contributed by atoms with van der Waals surface area (Å²) in [6.07, 6.45) is 2.20. The Morgan fingerprint density at radius 3 is 2.20 bits per heavy atom. The topological polar surface area (TPSA) is 34.1 Å². The summed E-state index contributed by atoms with van der Waals surface area (Å²) in [6, 6.07) is 6.94. The van der Waals surface area contributed by atoms with Crippen molar-refractivity contribution in [1.82, 2.24) is 0 Å². The van der Waals surface area contributed by atoms with Crippen LogP contribution in [0.1, 0.15) is 25.8 Å². The zero-order valence-electron chi connectivity index (χ0n) is 9.32. The van der Waals surface area contributed by atoms with Crippen molar-refractivity contribution in [3.63, 3.8) is 0 Å². The number of rotatable bonds is 3. The third-order valence-electron chi connectivity index (χ3n) is 2.35. The molecule has 0 amide bonds. The van der Waals surface area contributed by atoms with Crippen molar-refractivity contribution >= 4 is 9.84 Å². The predicted molar refractivity (Wildman–Crippen MR) is 62.4 cm³/mol. The van der Waals surface area contributed by atoms with Crippen LogP contribution < -0.4 is 0 Å². The molecule has 0 N–H and O–H groups in total. The average molecular weight is 224 g/mol. The van der Waals surface area contributed by atoms with Gasteiger partial charge in [0.05, 0.1) is 4.90 Å². The van der Waals surface area contributed by atoms with Crippen LogP contribution in [0.3, 0.4) is 0 Å². The van der Waals surface area contributed by atoms with Crippen LogP contribution in [-0.2, 0) is 9.84 Å². The number of sulfone groups is 1. The standard InChI is InChI=1S/C12H16O2S/c1-4-11(5-2)15(13,14)12-8-6-10(3)7-9-12/h4,6-9H,5H2,1-3H3/b11-4+. The highest BCUT2D eigenvalue weighted by Gasteiger charge is 2.17. The predicted octanol–water partition coefficient (Wildman–Crippen LogP) is 3.08. The molecule has 0 aromatic heterocycles. The van der Waals surface area contributed by atoms with Gasteiger partial charge in [-0.1, -0.05) is 30.7 Å². The Morgan fingerprint density at radius 2 is 1.80 bits per heavy atom. The van der Waals surface area contributed by atoms with Crippen molar-refractivity contribution in [3.05, 3.63) is 40.8 Å². The summed E-state index contributed by atoms with van der Waals surface area (Å²) in [5, 5.41) is 0. The first-order valence-electron chi connectivity index (χ1n) is 4.99. The highest BCUT2D eigenvalue weighted by atomic mass is 32.2. The van der Waals surface area contributed by atoms with Crippen LogP contribution in [0.5, 0.6) is 0 Å². The third-order valence-corrected chi connectivity index (χ3v) is 4.45. The molecular formula is C12H16O2S. The number of aryl methyl sites for hydroxylation is 1. The first-order chi connectivity index (χ1) is 7.02. The summed E-state index contributed by atoms with van der Waals surface area (Å²) in [6.45, 7) is 5.54. The van der Waals surface area contributed by atoms with Crippen LogP contribution in [0, 0.1) is 6.92 Å². The first kappa shape index (κ1) is 12.0. The SMILES string of the molecule is C/C=C(\CC)S(=O)(=O)c1ccc(C)cc1. The fourth-order valence-electron chi connectivity index (χ4n) is 1.42. The van der Waals surface area contributed by atoms with Gasteiger partial charge < -0.3 is 0 Å². The molecular weight excluding hydrogens is 208 g/mol. The van der Waals surface area contributed by atoms with E-state index < -0.39 is 9.84 Å². The van der Waals surface area contributed by atoms with E-state index in [1.807, 2.05) is 26.0 Å². The van der Waals surface area contributed by atoms with Crippen LogP contribution in [0.15, 0.2) is 40.1 Å². The molecule has 0 saturated heterocycles. The van der Waals surface area contributed by atoms with E-state index in [2.05, 4.69) is 0 Å². The van der Waals surface area contributed by atoms with Gasteiger partial charge in [0.15, 0.2) is 0 Å². The summed E-state index contributed by atoms with van der Waals surface area (Å²) in [7, 11) is -3.26. The normalized spacial score (nSPS) is 12.9. The van der Waals surface area contributed by atoms with Crippen LogP contribution in [0.4, 0.5) is 0 Å². The molecule has 2 nitrogen and oxygen atoms in total. The third kappa shape index (κ3) is 2.48. The van der Waals surface area contributed by atoms with Gasteiger partial charge in [-0.15, -0.1) is 0 Å². The molecule has 0 aliphatic rings. The second-order valence-corrected chi connectivity index (χ2v) is 5.43. The summed E-state index contributed by atoms with van der Waals surface area (Å²) in [5.74, 6) is 0. The minimum Gasteiger partial charge on any atom is -0.219 e. The maximum Gasteiger partial charge on any atom is 0.202 e. The van der Waals surface area contributed by atoms with Gasteiger partial charge in [0, 0.05) is 4.91 Å². The summed E-state index contributed by atoms with van der Waals surface area (Å²) < 4.78 is 24.1. The van der Waals surface area contributed by atoms with Crippen LogP contribution in [0.2, 0.25) is 0 Å². The Kier molecular flexibility index (Phi) is 3.69. The van der Waals surface area contributed by atoms with Crippen molar-refractivity contribution < 1.29 is 8.42 Å². The quantitative estimate of drug-likeness (QED) is 0.790. The Hall–Kier alpha value is -1.09. The van der Waals surface area contributed by atoms with Crippen molar-refractivity contribution in [2.45, 2.75) is 32.1 Å². The summed E-state index contributed by atoms with van der Waals surface area (Å²) >= 11 is 0. The molecule has 0 fully saturated rings. The Labute approximate surface area is 91.6 Å². The number of benzene rings is 1. The zero-order valence-corrected chi connectivity index (χ0v) is 10.1. The maximum absolute atomic E-state index is 12.0. The molecule has 0 heterocycles. The van der Waals surface area contributed by atoms with E-state index in [0.29, 0.717) is 16.2 Å². The lowest BCUT2D eigenvalue weighted by Crippen LogP contribution is -2.03. The fourth-order valence-corrected chi connectivity index (χ4v) is 2.91. The Morgan fingerprint density at radius 1 is 1.27 bits per heavy atom. The van der Waals surface area contributed by atoms with Crippen molar-refractivity contribution in [1.29, 1.82) is 0 Å². The molecule has 0 bridgehead atoms. The Bertz CT molecular complexity index is 453. The van der Waals surface area contributed by atoms with E-state index >= 15 is 0 Å². The highest BCUT2D eigenvalue weighted by molar-refractivity contribution is 7.95. The number of hydrogen-bond donors (Lipinski definition) is 0. The van der Waals surface area contributed by atoms with Crippen LogP contribution in [0.25, 0.3) is 0 Å². The first-order valence-corrected chi connectivity index (χ1v) is 6.47. The van der Waals surface area contributed by atoms with Gasteiger partial charge in [-0.2, -0.15) is 0 Å². The second kappa shape index (κ2) is 4.62. The van der Waals surface area contributed by atoms with Gasteiger partial charge in [0.1, 0.15) is 0 Å². The van der Waals surface area contributed by atoms with Gasteiger partial charge in [0.25, 0.3) is 0 Å². The summed E-state index contributed by atoms with van der Waals surface area (Å²) in [5.41, 5.74) is 1.06. The zero-order chi connectivity index (χ0) is 11.5. The van der Waals surface area contributed by atoms with E-state index in [1.165, 1.54) is 0 Å². The van der Waals surface area contributed by atoms with Gasteiger partial charge in [0.2, 0.25) is 9.84 Å². The van der Waals surface area contributed by atoms with Crippen LogP contribution in [-0.4, -0.2) is 8.42 Å². The molecule has 0 atom stereocenters. The van der Waals surface area contributed by atoms with E-state index in [1.54, 1.807) is 25.1 Å². The lowest BCUT2D eigenvalue weighted by atomic mass is 10.2.